The van der Waals surface area contributed by atoms with Crippen LogP contribution in [-0.2, 0) is 26.2 Å². The van der Waals surface area contributed by atoms with Crippen molar-refractivity contribution in [2.75, 3.05) is 10.8 Å². The van der Waals surface area contributed by atoms with E-state index in [1.165, 1.54) is 30.3 Å². The highest BCUT2D eigenvalue weighted by Crippen LogP contribution is 2.34. The number of carbonyl (C=O) groups excluding carboxylic acids is 2. The highest BCUT2D eigenvalue weighted by molar-refractivity contribution is 7.92. The first-order chi connectivity index (χ1) is 15.6. The van der Waals surface area contributed by atoms with Crippen molar-refractivity contribution in [2.45, 2.75) is 37.2 Å². The summed E-state index contributed by atoms with van der Waals surface area (Å²) < 4.78 is 27.5. The van der Waals surface area contributed by atoms with Crippen molar-refractivity contribution in [3.8, 4) is 5.75 Å². The molecule has 0 fully saturated rings. The van der Waals surface area contributed by atoms with E-state index in [0.717, 1.165) is 4.31 Å². The Hall–Kier alpha value is -3.80. The van der Waals surface area contributed by atoms with E-state index < -0.39 is 40.4 Å². The number of amides is 3. The molecule has 33 heavy (non-hydrogen) atoms. The molecular weight excluding hydrogens is 452 g/mol. The standard InChI is InChI=1S/C21H26N4O7S/c1-2-11-25(33(31,32)15-8-4-3-5-9-15)17-10-6-7-14(19(17)27)13-23-20(28)16(12-18(22)26)24-21(29)30/h3-10,16,24,27H,2,11-13H2,1H3,(H2,22,26)(H,23,28)(H,29,30)/t16-/m0/s1. The number of nitrogens with one attached hydrogen (secondary N) is 2. The average molecular weight is 479 g/mol. The zero-order chi connectivity index (χ0) is 24.6. The fourth-order valence-electron chi connectivity index (χ4n) is 3.08. The van der Waals surface area contributed by atoms with Gasteiger partial charge in [-0.15, -0.1) is 0 Å². The van der Waals surface area contributed by atoms with E-state index in [2.05, 4.69) is 5.32 Å². The van der Waals surface area contributed by atoms with E-state index in [0.29, 0.717) is 6.42 Å². The Labute approximate surface area is 191 Å². The molecule has 0 saturated carbocycles. The molecule has 3 amide bonds. The summed E-state index contributed by atoms with van der Waals surface area (Å²) >= 11 is 0. The van der Waals surface area contributed by atoms with E-state index >= 15 is 0 Å². The lowest BCUT2D eigenvalue weighted by molar-refractivity contribution is -0.127. The van der Waals surface area contributed by atoms with E-state index in [9.17, 15) is 27.9 Å². The van der Waals surface area contributed by atoms with E-state index in [1.54, 1.807) is 25.1 Å². The van der Waals surface area contributed by atoms with Crippen LogP contribution in [0, 0.1) is 0 Å². The van der Waals surface area contributed by atoms with Gasteiger partial charge in [-0.2, -0.15) is 0 Å². The highest BCUT2D eigenvalue weighted by atomic mass is 32.2. The molecule has 0 saturated heterocycles. The van der Waals surface area contributed by atoms with Crippen molar-refractivity contribution in [3.63, 3.8) is 0 Å². The van der Waals surface area contributed by atoms with Gasteiger partial charge in [0.05, 0.1) is 17.0 Å². The largest absolute Gasteiger partial charge is 0.505 e. The Morgan fingerprint density at radius 3 is 2.33 bits per heavy atom. The van der Waals surface area contributed by atoms with Crippen molar-refractivity contribution >= 4 is 33.6 Å². The molecule has 0 aliphatic heterocycles. The lowest BCUT2D eigenvalue weighted by Crippen LogP contribution is -2.48. The Balaban J connectivity index is 2.30. The molecule has 0 unspecified atom stereocenters. The minimum Gasteiger partial charge on any atom is -0.505 e. The Morgan fingerprint density at radius 1 is 1.09 bits per heavy atom. The summed E-state index contributed by atoms with van der Waals surface area (Å²) in [5.74, 6) is -2.07. The molecule has 11 nitrogen and oxygen atoms in total. The molecule has 6 N–H and O–H groups in total. The van der Waals surface area contributed by atoms with Gasteiger partial charge in [-0.1, -0.05) is 37.3 Å². The van der Waals surface area contributed by atoms with Gasteiger partial charge >= 0.3 is 6.09 Å². The van der Waals surface area contributed by atoms with Crippen LogP contribution in [0.5, 0.6) is 5.75 Å². The number of aromatic hydroxyl groups is 1. The molecule has 1 atom stereocenters. The summed E-state index contributed by atoms with van der Waals surface area (Å²) in [5.41, 5.74) is 5.28. The summed E-state index contributed by atoms with van der Waals surface area (Å²) in [6, 6.07) is 10.8. The topological polar surface area (TPSA) is 179 Å². The summed E-state index contributed by atoms with van der Waals surface area (Å²) in [4.78, 5) is 34.4. The maximum atomic E-state index is 13.2. The predicted molar refractivity (Wildman–Crippen MR) is 120 cm³/mol. The van der Waals surface area contributed by atoms with Crippen molar-refractivity contribution in [3.05, 3.63) is 54.1 Å². The first-order valence-corrected chi connectivity index (χ1v) is 11.5. The summed E-state index contributed by atoms with van der Waals surface area (Å²) in [6.07, 6.45) is -1.59. The number of hydrogen-bond acceptors (Lipinski definition) is 6. The lowest BCUT2D eigenvalue weighted by atomic mass is 10.1. The Bertz CT molecular complexity index is 1090. The minimum atomic E-state index is -3.97. The molecule has 0 aliphatic carbocycles. The van der Waals surface area contributed by atoms with Gasteiger partial charge < -0.3 is 26.6 Å². The number of para-hydroxylation sites is 1. The van der Waals surface area contributed by atoms with Crippen LogP contribution in [0.2, 0.25) is 0 Å². The summed E-state index contributed by atoms with van der Waals surface area (Å²) in [7, 11) is -3.97. The number of nitrogens with zero attached hydrogens (tertiary/aromatic N) is 1. The summed E-state index contributed by atoms with van der Waals surface area (Å²) in [6.45, 7) is 1.65. The van der Waals surface area contributed by atoms with Gasteiger partial charge in [0.2, 0.25) is 11.8 Å². The molecule has 0 aliphatic rings. The van der Waals surface area contributed by atoms with E-state index in [-0.39, 0.29) is 35.0 Å². The number of sulfonamides is 1. The molecule has 0 spiro atoms. The zero-order valence-corrected chi connectivity index (χ0v) is 18.7. The Kier molecular flexibility index (Phi) is 8.63. The highest BCUT2D eigenvalue weighted by Gasteiger charge is 2.27. The second-order valence-corrected chi connectivity index (χ2v) is 8.93. The van der Waals surface area contributed by atoms with Gasteiger partial charge in [0.1, 0.15) is 11.8 Å². The Morgan fingerprint density at radius 2 is 1.76 bits per heavy atom. The van der Waals surface area contributed by atoms with Gasteiger partial charge in [0, 0.05) is 18.7 Å². The third kappa shape index (κ3) is 6.59. The molecule has 12 heteroatoms. The monoisotopic (exact) mass is 478 g/mol. The third-order valence-electron chi connectivity index (χ3n) is 4.60. The maximum absolute atomic E-state index is 13.2. The van der Waals surface area contributed by atoms with Crippen LogP contribution >= 0.6 is 0 Å². The molecule has 178 valence electrons. The summed E-state index contributed by atoms with van der Waals surface area (Å²) in [5, 5.41) is 24.0. The molecule has 0 heterocycles. The molecule has 2 aromatic carbocycles. The van der Waals surface area contributed by atoms with Crippen LogP contribution in [0.25, 0.3) is 0 Å². The molecule has 0 aromatic heterocycles. The quantitative estimate of drug-likeness (QED) is 0.321. The van der Waals surface area contributed by atoms with Crippen LogP contribution in [0.15, 0.2) is 53.4 Å². The van der Waals surface area contributed by atoms with Crippen molar-refractivity contribution in [1.82, 2.24) is 10.6 Å². The number of benzene rings is 2. The number of anilines is 1. The van der Waals surface area contributed by atoms with Gasteiger partial charge in [-0.3, -0.25) is 13.9 Å². The first kappa shape index (κ1) is 25.5. The number of phenolic OH excluding ortho intramolecular Hbond substituents is 1. The van der Waals surface area contributed by atoms with Crippen LogP contribution in [0.1, 0.15) is 25.3 Å². The molecule has 2 aromatic rings. The van der Waals surface area contributed by atoms with Crippen LogP contribution in [-0.4, -0.2) is 49.1 Å². The van der Waals surface area contributed by atoms with Crippen LogP contribution < -0.4 is 20.7 Å². The number of carbonyl (C=O) groups is 3. The number of nitrogens with two attached hydrogens (primary N) is 1. The lowest BCUT2D eigenvalue weighted by Gasteiger charge is -2.25. The molecular formula is C21H26N4O7S. The predicted octanol–water partition coefficient (Wildman–Crippen LogP) is 1.13. The number of carboxylic acid groups (broad SMARTS) is 1. The normalized spacial score (nSPS) is 11.9. The van der Waals surface area contributed by atoms with Crippen molar-refractivity contribution in [1.29, 1.82) is 0 Å². The maximum Gasteiger partial charge on any atom is 0.405 e. The second-order valence-electron chi connectivity index (χ2n) is 7.07. The van der Waals surface area contributed by atoms with E-state index in [1.807, 2.05) is 5.32 Å². The number of hydrogen-bond donors (Lipinski definition) is 5. The number of primary amides is 1. The van der Waals surface area contributed by atoms with Gasteiger partial charge in [-0.05, 0) is 24.6 Å². The third-order valence-corrected chi connectivity index (χ3v) is 6.42. The van der Waals surface area contributed by atoms with Gasteiger partial charge in [0.15, 0.2) is 0 Å². The molecule has 0 radical (unpaired) electrons. The number of rotatable bonds is 11. The van der Waals surface area contributed by atoms with E-state index in [4.69, 9.17) is 10.8 Å². The van der Waals surface area contributed by atoms with Crippen LogP contribution in [0.4, 0.5) is 10.5 Å². The smallest absolute Gasteiger partial charge is 0.405 e. The molecule has 0 bridgehead atoms. The fourth-order valence-corrected chi connectivity index (χ4v) is 4.66. The second kappa shape index (κ2) is 11.2. The van der Waals surface area contributed by atoms with Crippen molar-refractivity contribution in [2.24, 2.45) is 5.73 Å². The van der Waals surface area contributed by atoms with Crippen molar-refractivity contribution < 1.29 is 33.0 Å². The molecule has 2 rings (SSSR count). The van der Waals surface area contributed by atoms with Crippen LogP contribution in [0.3, 0.4) is 0 Å². The van der Waals surface area contributed by atoms with Gasteiger partial charge in [-0.25, -0.2) is 13.2 Å². The zero-order valence-electron chi connectivity index (χ0n) is 17.9. The first-order valence-electron chi connectivity index (χ1n) is 10.0. The SMILES string of the molecule is CCCN(c1cccc(CNC(=O)[C@H](CC(N)=O)NC(=O)O)c1O)S(=O)(=O)c1ccccc1. The van der Waals surface area contributed by atoms with Gasteiger partial charge in [0.25, 0.3) is 10.0 Å². The number of phenols is 1. The fraction of sp³-hybridized carbons (Fsp3) is 0.286. The average Bonchev–Trinajstić information content (AvgIpc) is 2.76. The minimum absolute atomic E-state index is 0.0322.